The molecule has 1 aromatic heterocycles. The van der Waals surface area contributed by atoms with E-state index in [0.717, 1.165) is 0 Å². The quantitative estimate of drug-likeness (QED) is 0.843. The van der Waals surface area contributed by atoms with Gasteiger partial charge in [-0.2, -0.15) is 0 Å². The highest BCUT2D eigenvalue weighted by molar-refractivity contribution is 7.13. The monoisotopic (exact) mass is 292 g/mol. The number of anilines is 1. The molecule has 1 heterocycles. The van der Waals surface area contributed by atoms with Crippen LogP contribution in [0.15, 0.2) is 29.6 Å². The standard InChI is InChI=1S/C13H12N2O4S/c1-8(16)14-13-15-10(7-20-13)6-19-12(18)9-2-4-11(17)5-3-9/h2-5,7,17H,6H2,1H3,(H,14,15,16). The van der Waals surface area contributed by atoms with E-state index >= 15 is 0 Å². The number of ether oxygens (including phenoxy) is 1. The lowest BCUT2D eigenvalue weighted by Crippen LogP contribution is -2.07. The van der Waals surface area contributed by atoms with Crippen molar-refractivity contribution in [2.75, 3.05) is 5.32 Å². The Bertz CT molecular complexity index is 622. The van der Waals surface area contributed by atoms with Crippen LogP contribution in [-0.4, -0.2) is 22.0 Å². The molecule has 1 aromatic carbocycles. The van der Waals surface area contributed by atoms with Gasteiger partial charge in [0.25, 0.3) is 0 Å². The molecule has 0 fully saturated rings. The maximum atomic E-state index is 11.7. The van der Waals surface area contributed by atoms with Crippen LogP contribution in [0.5, 0.6) is 5.75 Å². The number of nitrogens with one attached hydrogen (secondary N) is 1. The van der Waals surface area contributed by atoms with E-state index in [1.807, 2.05) is 0 Å². The van der Waals surface area contributed by atoms with Crippen LogP contribution in [0.4, 0.5) is 5.13 Å². The SMILES string of the molecule is CC(=O)Nc1nc(COC(=O)c2ccc(O)cc2)cs1. The Kier molecular flexibility index (Phi) is 4.31. The number of nitrogens with zero attached hydrogens (tertiary/aromatic N) is 1. The molecule has 0 aliphatic heterocycles. The van der Waals surface area contributed by atoms with Gasteiger partial charge < -0.3 is 15.2 Å². The topological polar surface area (TPSA) is 88.5 Å². The van der Waals surface area contributed by atoms with Crippen molar-refractivity contribution >= 4 is 28.3 Å². The maximum absolute atomic E-state index is 11.7. The molecule has 0 aliphatic carbocycles. The number of amides is 1. The van der Waals surface area contributed by atoms with Crippen molar-refractivity contribution in [3.63, 3.8) is 0 Å². The fourth-order valence-corrected chi connectivity index (χ4v) is 2.14. The first-order valence-electron chi connectivity index (χ1n) is 5.73. The highest BCUT2D eigenvalue weighted by Crippen LogP contribution is 2.17. The van der Waals surface area contributed by atoms with E-state index < -0.39 is 5.97 Å². The number of esters is 1. The highest BCUT2D eigenvalue weighted by atomic mass is 32.1. The van der Waals surface area contributed by atoms with Crippen LogP contribution < -0.4 is 5.32 Å². The fourth-order valence-electron chi connectivity index (χ4n) is 1.40. The molecule has 104 valence electrons. The summed E-state index contributed by atoms with van der Waals surface area (Å²) in [5, 5.41) is 13.8. The summed E-state index contributed by atoms with van der Waals surface area (Å²) in [7, 11) is 0. The Hall–Kier alpha value is -2.41. The van der Waals surface area contributed by atoms with Gasteiger partial charge in [-0.25, -0.2) is 9.78 Å². The Balaban J connectivity index is 1.91. The van der Waals surface area contributed by atoms with Crippen LogP contribution in [0.1, 0.15) is 23.0 Å². The summed E-state index contributed by atoms with van der Waals surface area (Å²) in [6.45, 7) is 1.42. The van der Waals surface area contributed by atoms with Crippen molar-refractivity contribution in [2.24, 2.45) is 0 Å². The lowest BCUT2D eigenvalue weighted by Gasteiger charge is -2.02. The number of thiazole rings is 1. The second kappa shape index (κ2) is 6.16. The van der Waals surface area contributed by atoms with Gasteiger partial charge >= 0.3 is 5.97 Å². The molecule has 1 amide bonds. The lowest BCUT2D eigenvalue weighted by molar-refractivity contribution is -0.114. The summed E-state index contributed by atoms with van der Waals surface area (Å²) in [6, 6.07) is 5.77. The third-order valence-electron chi connectivity index (χ3n) is 2.29. The van der Waals surface area contributed by atoms with Crippen molar-refractivity contribution in [1.82, 2.24) is 4.98 Å². The smallest absolute Gasteiger partial charge is 0.338 e. The molecule has 2 aromatic rings. The fraction of sp³-hybridized carbons (Fsp3) is 0.154. The van der Waals surface area contributed by atoms with Crippen molar-refractivity contribution in [2.45, 2.75) is 13.5 Å². The molecule has 6 nitrogen and oxygen atoms in total. The van der Waals surface area contributed by atoms with Gasteiger partial charge in [0.2, 0.25) is 5.91 Å². The van der Waals surface area contributed by atoms with E-state index in [-0.39, 0.29) is 18.3 Å². The molecule has 0 bridgehead atoms. The number of aromatic nitrogens is 1. The summed E-state index contributed by atoms with van der Waals surface area (Å²) < 4.78 is 5.08. The maximum Gasteiger partial charge on any atom is 0.338 e. The van der Waals surface area contributed by atoms with Gasteiger partial charge in [-0.15, -0.1) is 11.3 Å². The molecular formula is C13H12N2O4S. The Labute approximate surface area is 119 Å². The zero-order chi connectivity index (χ0) is 14.5. The van der Waals surface area contributed by atoms with Crippen LogP contribution in [0, 0.1) is 0 Å². The molecule has 0 radical (unpaired) electrons. The summed E-state index contributed by atoms with van der Waals surface area (Å²) >= 11 is 1.26. The number of hydrogen-bond acceptors (Lipinski definition) is 6. The van der Waals surface area contributed by atoms with Crippen LogP contribution in [0.3, 0.4) is 0 Å². The molecule has 2 N–H and O–H groups in total. The number of carbonyl (C=O) groups excluding carboxylic acids is 2. The van der Waals surface area contributed by atoms with Crippen molar-refractivity contribution in [3.05, 3.63) is 40.9 Å². The predicted octanol–water partition coefficient (Wildman–Crippen LogP) is 2.16. The molecule has 0 spiro atoms. The second-order valence-electron chi connectivity index (χ2n) is 3.95. The third-order valence-corrected chi connectivity index (χ3v) is 3.10. The first kappa shape index (κ1) is 14.0. The Morgan fingerprint density at radius 1 is 1.35 bits per heavy atom. The molecular weight excluding hydrogens is 280 g/mol. The van der Waals surface area contributed by atoms with E-state index in [1.165, 1.54) is 42.5 Å². The van der Waals surface area contributed by atoms with Gasteiger partial charge in [-0.3, -0.25) is 4.79 Å². The molecule has 0 unspecified atom stereocenters. The lowest BCUT2D eigenvalue weighted by atomic mass is 10.2. The summed E-state index contributed by atoms with van der Waals surface area (Å²) in [4.78, 5) is 26.7. The molecule has 20 heavy (non-hydrogen) atoms. The number of aromatic hydroxyl groups is 1. The molecule has 7 heteroatoms. The number of benzene rings is 1. The average Bonchev–Trinajstić information content (AvgIpc) is 2.83. The number of phenols is 1. The van der Waals surface area contributed by atoms with Gasteiger partial charge in [0.1, 0.15) is 12.4 Å². The zero-order valence-corrected chi connectivity index (χ0v) is 11.4. The Morgan fingerprint density at radius 3 is 2.70 bits per heavy atom. The predicted molar refractivity (Wildman–Crippen MR) is 73.6 cm³/mol. The minimum absolute atomic E-state index is 0.0236. The number of carbonyl (C=O) groups is 2. The summed E-state index contributed by atoms with van der Waals surface area (Å²) in [6.07, 6.45) is 0. The van der Waals surface area contributed by atoms with Gasteiger partial charge in [-0.05, 0) is 24.3 Å². The van der Waals surface area contributed by atoms with Gasteiger partial charge in [0.05, 0.1) is 11.3 Å². The van der Waals surface area contributed by atoms with E-state index in [2.05, 4.69) is 10.3 Å². The van der Waals surface area contributed by atoms with E-state index in [9.17, 15) is 9.59 Å². The van der Waals surface area contributed by atoms with Gasteiger partial charge in [0.15, 0.2) is 5.13 Å². The van der Waals surface area contributed by atoms with Crippen LogP contribution in [-0.2, 0) is 16.1 Å². The van der Waals surface area contributed by atoms with Crippen LogP contribution in [0.2, 0.25) is 0 Å². The minimum Gasteiger partial charge on any atom is -0.508 e. The van der Waals surface area contributed by atoms with Crippen LogP contribution in [0.25, 0.3) is 0 Å². The van der Waals surface area contributed by atoms with Crippen molar-refractivity contribution in [1.29, 1.82) is 0 Å². The molecule has 0 atom stereocenters. The number of phenolic OH excluding ortho intramolecular Hbond substituents is 1. The number of hydrogen-bond donors (Lipinski definition) is 2. The first-order chi connectivity index (χ1) is 9.54. The average molecular weight is 292 g/mol. The highest BCUT2D eigenvalue weighted by Gasteiger charge is 2.09. The van der Waals surface area contributed by atoms with Crippen molar-refractivity contribution < 1.29 is 19.4 Å². The molecule has 0 aliphatic rings. The largest absolute Gasteiger partial charge is 0.508 e. The zero-order valence-electron chi connectivity index (χ0n) is 10.6. The third kappa shape index (κ3) is 3.79. The first-order valence-corrected chi connectivity index (χ1v) is 6.60. The number of rotatable bonds is 4. The molecule has 2 rings (SSSR count). The van der Waals surface area contributed by atoms with E-state index in [1.54, 1.807) is 5.38 Å². The van der Waals surface area contributed by atoms with Crippen LogP contribution >= 0.6 is 11.3 Å². The minimum atomic E-state index is -0.501. The van der Waals surface area contributed by atoms with E-state index in [4.69, 9.17) is 9.84 Å². The van der Waals surface area contributed by atoms with E-state index in [0.29, 0.717) is 16.4 Å². The van der Waals surface area contributed by atoms with Gasteiger partial charge in [-0.1, -0.05) is 0 Å². The molecule has 0 saturated carbocycles. The van der Waals surface area contributed by atoms with Crippen molar-refractivity contribution in [3.8, 4) is 5.75 Å². The summed E-state index contributed by atoms with van der Waals surface area (Å²) in [5.74, 6) is -0.618. The summed E-state index contributed by atoms with van der Waals surface area (Å²) in [5.41, 5.74) is 0.908. The normalized spacial score (nSPS) is 10.1. The second-order valence-corrected chi connectivity index (χ2v) is 4.81. The van der Waals surface area contributed by atoms with Gasteiger partial charge in [0, 0.05) is 12.3 Å². The molecule has 0 saturated heterocycles. The Morgan fingerprint density at radius 2 is 2.05 bits per heavy atom.